The minimum absolute atomic E-state index is 0.141. The third-order valence-electron chi connectivity index (χ3n) is 2.93. The lowest BCUT2D eigenvalue weighted by molar-refractivity contribution is 0.0760. The normalized spacial score (nSPS) is 19.8. The van der Waals surface area contributed by atoms with Crippen molar-refractivity contribution in [2.75, 3.05) is 13.1 Å². The smallest absolute Gasteiger partial charge is 0.256 e. The number of aliphatic hydroxyl groups excluding tert-OH is 1. The Kier molecular flexibility index (Phi) is 3.11. The van der Waals surface area contributed by atoms with Crippen LogP contribution in [0.1, 0.15) is 22.3 Å². The van der Waals surface area contributed by atoms with Crippen LogP contribution >= 0.6 is 0 Å². The SMILES string of the molecule is Cc1cc(C(=O)N2CC[C@H](O)C2)c(F)cc1F. The van der Waals surface area contributed by atoms with Crippen LogP contribution in [-0.4, -0.2) is 35.1 Å². The number of likely N-dealkylation sites (tertiary alicyclic amines) is 1. The summed E-state index contributed by atoms with van der Waals surface area (Å²) in [7, 11) is 0. The highest BCUT2D eigenvalue weighted by atomic mass is 19.1. The summed E-state index contributed by atoms with van der Waals surface area (Å²) in [4.78, 5) is 13.3. The summed E-state index contributed by atoms with van der Waals surface area (Å²) < 4.78 is 26.5. The number of hydrogen-bond donors (Lipinski definition) is 1. The minimum Gasteiger partial charge on any atom is -0.391 e. The molecule has 0 saturated carbocycles. The summed E-state index contributed by atoms with van der Waals surface area (Å²) in [6, 6.07) is 1.92. The monoisotopic (exact) mass is 241 g/mol. The van der Waals surface area contributed by atoms with Crippen LogP contribution in [0.25, 0.3) is 0 Å². The van der Waals surface area contributed by atoms with Crippen molar-refractivity contribution in [1.29, 1.82) is 0 Å². The molecule has 1 heterocycles. The molecule has 1 aliphatic heterocycles. The highest BCUT2D eigenvalue weighted by Crippen LogP contribution is 2.19. The third kappa shape index (κ3) is 2.29. The summed E-state index contributed by atoms with van der Waals surface area (Å²) in [5.41, 5.74) is 0.0903. The number of amides is 1. The first-order valence-electron chi connectivity index (χ1n) is 5.42. The van der Waals surface area contributed by atoms with E-state index in [1.165, 1.54) is 17.9 Å². The first-order valence-corrected chi connectivity index (χ1v) is 5.42. The van der Waals surface area contributed by atoms with Gasteiger partial charge in [0.25, 0.3) is 5.91 Å². The Balaban J connectivity index is 2.28. The number of nitrogens with zero attached hydrogens (tertiary/aromatic N) is 1. The highest BCUT2D eigenvalue weighted by molar-refractivity contribution is 5.94. The molecule has 0 aliphatic carbocycles. The fraction of sp³-hybridized carbons (Fsp3) is 0.417. The number of aliphatic hydroxyl groups is 1. The van der Waals surface area contributed by atoms with Gasteiger partial charge in [0.2, 0.25) is 0 Å². The second kappa shape index (κ2) is 4.41. The topological polar surface area (TPSA) is 40.5 Å². The molecular weight excluding hydrogens is 228 g/mol. The molecule has 1 saturated heterocycles. The molecule has 92 valence electrons. The molecule has 2 rings (SSSR count). The molecule has 1 atom stereocenters. The van der Waals surface area contributed by atoms with Crippen LogP contribution in [0.4, 0.5) is 8.78 Å². The van der Waals surface area contributed by atoms with Crippen LogP contribution in [0.15, 0.2) is 12.1 Å². The van der Waals surface area contributed by atoms with Gasteiger partial charge < -0.3 is 10.0 Å². The molecular formula is C12H13F2NO2. The number of rotatable bonds is 1. The standard InChI is InChI=1S/C12H13F2NO2/c1-7-4-9(11(14)5-10(7)13)12(17)15-3-2-8(16)6-15/h4-5,8,16H,2-3,6H2,1H3/t8-/m0/s1. The number of benzene rings is 1. The Hall–Kier alpha value is -1.49. The molecule has 0 radical (unpaired) electrons. The first-order chi connectivity index (χ1) is 7.99. The lowest BCUT2D eigenvalue weighted by Gasteiger charge is -2.16. The summed E-state index contributed by atoms with van der Waals surface area (Å²) in [5.74, 6) is -2.03. The number of β-amino-alcohol motifs (C(OH)–C–C–N with tert-alkyl or cyclic N) is 1. The Morgan fingerprint density at radius 2 is 2.12 bits per heavy atom. The van der Waals surface area contributed by atoms with E-state index < -0.39 is 23.6 Å². The maximum absolute atomic E-state index is 13.5. The van der Waals surface area contributed by atoms with E-state index in [0.717, 1.165) is 6.07 Å². The molecule has 5 heteroatoms. The van der Waals surface area contributed by atoms with Crippen LogP contribution in [0.2, 0.25) is 0 Å². The average molecular weight is 241 g/mol. The van der Waals surface area contributed by atoms with Crippen molar-refractivity contribution in [3.05, 3.63) is 34.9 Å². The van der Waals surface area contributed by atoms with Crippen molar-refractivity contribution in [2.24, 2.45) is 0 Å². The molecule has 17 heavy (non-hydrogen) atoms. The maximum atomic E-state index is 13.5. The van der Waals surface area contributed by atoms with Crippen molar-refractivity contribution in [3.63, 3.8) is 0 Å². The zero-order valence-electron chi connectivity index (χ0n) is 9.41. The fourth-order valence-corrected chi connectivity index (χ4v) is 1.92. The summed E-state index contributed by atoms with van der Waals surface area (Å²) in [5, 5.41) is 9.32. The second-order valence-electron chi connectivity index (χ2n) is 4.27. The molecule has 0 bridgehead atoms. The lowest BCUT2D eigenvalue weighted by atomic mass is 10.1. The predicted octanol–water partition coefficient (Wildman–Crippen LogP) is 1.48. The molecule has 1 aliphatic rings. The Bertz CT molecular complexity index is 462. The quantitative estimate of drug-likeness (QED) is 0.809. The second-order valence-corrected chi connectivity index (χ2v) is 4.27. The molecule has 1 aromatic carbocycles. The lowest BCUT2D eigenvalue weighted by Crippen LogP contribution is -2.30. The van der Waals surface area contributed by atoms with Crippen molar-refractivity contribution < 1.29 is 18.7 Å². The zero-order chi connectivity index (χ0) is 12.6. The van der Waals surface area contributed by atoms with E-state index in [0.29, 0.717) is 13.0 Å². The van der Waals surface area contributed by atoms with E-state index in [9.17, 15) is 18.7 Å². The van der Waals surface area contributed by atoms with E-state index in [-0.39, 0.29) is 17.7 Å². The molecule has 1 fully saturated rings. The van der Waals surface area contributed by atoms with Gasteiger partial charge in [0, 0.05) is 19.2 Å². The van der Waals surface area contributed by atoms with E-state index in [1.807, 2.05) is 0 Å². The van der Waals surface area contributed by atoms with Crippen LogP contribution in [0.3, 0.4) is 0 Å². The number of carbonyl (C=O) groups is 1. The van der Waals surface area contributed by atoms with Gasteiger partial charge in [0.1, 0.15) is 11.6 Å². The van der Waals surface area contributed by atoms with Crippen molar-refractivity contribution >= 4 is 5.91 Å². The highest BCUT2D eigenvalue weighted by Gasteiger charge is 2.27. The summed E-state index contributed by atoms with van der Waals surface area (Å²) in [6.07, 6.45) is -0.0587. The molecule has 1 aromatic rings. The number of aryl methyl sites for hydroxylation is 1. The Morgan fingerprint density at radius 3 is 2.71 bits per heavy atom. The molecule has 3 nitrogen and oxygen atoms in total. The van der Waals surface area contributed by atoms with Crippen molar-refractivity contribution in [1.82, 2.24) is 4.90 Å². The number of hydrogen-bond acceptors (Lipinski definition) is 2. The van der Waals surface area contributed by atoms with Gasteiger partial charge in [-0.1, -0.05) is 0 Å². The zero-order valence-corrected chi connectivity index (χ0v) is 9.41. The van der Waals surface area contributed by atoms with Crippen LogP contribution < -0.4 is 0 Å². The van der Waals surface area contributed by atoms with E-state index in [1.54, 1.807) is 0 Å². The van der Waals surface area contributed by atoms with Gasteiger partial charge in [-0.05, 0) is 25.0 Å². The minimum atomic E-state index is -0.862. The third-order valence-corrected chi connectivity index (χ3v) is 2.93. The van der Waals surface area contributed by atoms with E-state index in [4.69, 9.17) is 0 Å². The molecule has 0 unspecified atom stereocenters. The molecule has 0 aromatic heterocycles. The Morgan fingerprint density at radius 1 is 1.41 bits per heavy atom. The number of carbonyl (C=O) groups excluding carboxylic acids is 1. The summed E-state index contributed by atoms with van der Waals surface area (Å²) >= 11 is 0. The van der Waals surface area contributed by atoms with Gasteiger partial charge in [-0.25, -0.2) is 8.78 Å². The summed E-state index contributed by atoms with van der Waals surface area (Å²) in [6.45, 7) is 2.08. The van der Waals surface area contributed by atoms with Crippen LogP contribution in [0.5, 0.6) is 0 Å². The largest absolute Gasteiger partial charge is 0.391 e. The molecule has 0 spiro atoms. The fourth-order valence-electron chi connectivity index (χ4n) is 1.92. The molecule has 1 N–H and O–H groups in total. The van der Waals surface area contributed by atoms with E-state index >= 15 is 0 Å². The van der Waals surface area contributed by atoms with Gasteiger partial charge in [-0.15, -0.1) is 0 Å². The molecule has 1 amide bonds. The van der Waals surface area contributed by atoms with Crippen LogP contribution in [0, 0.1) is 18.6 Å². The predicted molar refractivity (Wildman–Crippen MR) is 57.6 cm³/mol. The van der Waals surface area contributed by atoms with Gasteiger partial charge in [0.05, 0.1) is 11.7 Å². The first kappa shape index (κ1) is 12.0. The van der Waals surface area contributed by atoms with Gasteiger partial charge in [-0.3, -0.25) is 4.79 Å². The van der Waals surface area contributed by atoms with E-state index in [2.05, 4.69) is 0 Å². The van der Waals surface area contributed by atoms with Gasteiger partial charge >= 0.3 is 0 Å². The number of halogens is 2. The van der Waals surface area contributed by atoms with Gasteiger partial charge in [-0.2, -0.15) is 0 Å². The van der Waals surface area contributed by atoms with Gasteiger partial charge in [0.15, 0.2) is 0 Å². The van der Waals surface area contributed by atoms with Crippen molar-refractivity contribution in [3.8, 4) is 0 Å². The van der Waals surface area contributed by atoms with Crippen LogP contribution in [-0.2, 0) is 0 Å². The average Bonchev–Trinajstić information content (AvgIpc) is 2.69. The maximum Gasteiger partial charge on any atom is 0.256 e. The Labute approximate surface area is 97.7 Å². The van der Waals surface area contributed by atoms with Crippen molar-refractivity contribution in [2.45, 2.75) is 19.4 Å².